The summed E-state index contributed by atoms with van der Waals surface area (Å²) in [6, 6.07) is 14.4. The van der Waals surface area contributed by atoms with Crippen LogP contribution in [0.1, 0.15) is 15.9 Å². The molecule has 0 spiro atoms. The molecule has 0 saturated heterocycles. The van der Waals surface area contributed by atoms with Crippen molar-refractivity contribution in [3.8, 4) is 5.75 Å². The lowest BCUT2D eigenvalue weighted by molar-refractivity contribution is -0.148. The summed E-state index contributed by atoms with van der Waals surface area (Å²) in [6.07, 6.45) is -0.0239. The Balaban J connectivity index is 1.70. The summed E-state index contributed by atoms with van der Waals surface area (Å²) in [5.41, 5.74) is 5.42. The standard InChI is InChI=1S/C17H16N2O5/c20-14-8-6-12(7-9-14)10-16(22)24-11-15(21)18-19-17(23)13-4-2-1-3-5-13/h1-9,20H,10-11H2,(H,18,21)(H,19,23). The molecule has 0 aliphatic rings. The van der Waals surface area contributed by atoms with Crippen molar-refractivity contribution >= 4 is 17.8 Å². The molecule has 0 unspecified atom stereocenters. The minimum atomic E-state index is -0.654. The summed E-state index contributed by atoms with van der Waals surface area (Å²) in [6.45, 7) is -0.508. The van der Waals surface area contributed by atoms with Crippen molar-refractivity contribution in [3.63, 3.8) is 0 Å². The van der Waals surface area contributed by atoms with Crippen molar-refractivity contribution in [1.82, 2.24) is 10.9 Å². The molecule has 7 nitrogen and oxygen atoms in total. The fourth-order valence-corrected chi connectivity index (χ4v) is 1.80. The zero-order chi connectivity index (χ0) is 17.4. The van der Waals surface area contributed by atoms with Gasteiger partial charge in [-0.3, -0.25) is 25.2 Å². The van der Waals surface area contributed by atoms with Crippen molar-refractivity contribution in [3.05, 3.63) is 65.7 Å². The third-order valence-electron chi connectivity index (χ3n) is 3.00. The van der Waals surface area contributed by atoms with Crippen LogP contribution in [0.4, 0.5) is 0 Å². The number of ether oxygens (including phenoxy) is 1. The molecule has 124 valence electrons. The fraction of sp³-hybridized carbons (Fsp3) is 0.118. The average molecular weight is 328 g/mol. The molecule has 0 aliphatic carbocycles. The molecule has 0 fully saturated rings. The summed E-state index contributed by atoms with van der Waals surface area (Å²) >= 11 is 0. The van der Waals surface area contributed by atoms with Crippen molar-refractivity contribution < 1.29 is 24.2 Å². The van der Waals surface area contributed by atoms with E-state index in [9.17, 15) is 14.4 Å². The van der Waals surface area contributed by atoms with Crippen LogP contribution in [0.5, 0.6) is 5.75 Å². The number of carbonyl (C=O) groups excluding carboxylic acids is 3. The Bertz CT molecular complexity index is 714. The number of phenols is 1. The molecule has 7 heteroatoms. The van der Waals surface area contributed by atoms with E-state index >= 15 is 0 Å². The van der Waals surface area contributed by atoms with Gasteiger partial charge in [0.15, 0.2) is 6.61 Å². The van der Waals surface area contributed by atoms with Gasteiger partial charge in [0.05, 0.1) is 6.42 Å². The lowest BCUT2D eigenvalue weighted by Gasteiger charge is -2.08. The van der Waals surface area contributed by atoms with Gasteiger partial charge in [0.25, 0.3) is 11.8 Å². The third-order valence-corrected chi connectivity index (χ3v) is 3.00. The molecule has 0 atom stereocenters. The van der Waals surface area contributed by atoms with Gasteiger partial charge in [0, 0.05) is 5.56 Å². The minimum absolute atomic E-state index is 0.0239. The van der Waals surface area contributed by atoms with Crippen LogP contribution in [-0.2, 0) is 20.7 Å². The monoisotopic (exact) mass is 328 g/mol. The summed E-state index contributed by atoms with van der Waals surface area (Å²) < 4.78 is 4.81. The first-order valence-electron chi connectivity index (χ1n) is 7.12. The lowest BCUT2D eigenvalue weighted by atomic mass is 10.1. The highest BCUT2D eigenvalue weighted by Gasteiger charge is 2.10. The summed E-state index contributed by atoms with van der Waals surface area (Å²) in [4.78, 5) is 34.9. The molecule has 3 N–H and O–H groups in total. The number of benzene rings is 2. The van der Waals surface area contributed by atoms with E-state index < -0.39 is 24.4 Å². The Morgan fingerprint density at radius 1 is 0.917 bits per heavy atom. The van der Waals surface area contributed by atoms with Crippen LogP contribution >= 0.6 is 0 Å². The van der Waals surface area contributed by atoms with Crippen LogP contribution in [0.2, 0.25) is 0 Å². The van der Waals surface area contributed by atoms with Gasteiger partial charge in [-0.25, -0.2) is 0 Å². The fourth-order valence-electron chi connectivity index (χ4n) is 1.80. The number of phenolic OH excluding ortho intramolecular Hbond substituents is 1. The zero-order valence-electron chi connectivity index (χ0n) is 12.7. The Morgan fingerprint density at radius 2 is 1.58 bits per heavy atom. The molecule has 0 heterocycles. The highest BCUT2D eigenvalue weighted by Crippen LogP contribution is 2.10. The predicted molar refractivity (Wildman–Crippen MR) is 84.8 cm³/mol. The van der Waals surface area contributed by atoms with Crippen molar-refractivity contribution in [1.29, 1.82) is 0 Å². The van der Waals surface area contributed by atoms with E-state index in [2.05, 4.69) is 10.9 Å². The van der Waals surface area contributed by atoms with Crippen molar-refractivity contribution in [2.75, 3.05) is 6.61 Å². The summed E-state index contributed by atoms with van der Waals surface area (Å²) in [7, 11) is 0. The van der Waals surface area contributed by atoms with E-state index in [1.54, 1.807) is 42.5 Å². The number of hydrazine groups is 1. The van der Waals surface area contributed by atoms with E-state index in [0.717, 1.165) is 0 Å². The number of amides is 2. The number of hydrogen-bond acceptors (Lipinski definition) is 5. The van der Waals surface area contributed by atoms with Gasteiger partial charge in [0.2, 0.25) is 0 Å². The maximum absolute atomic E-state index is 11.7. The van der Waals surface area contributed by atoms with Gasteiger partial charge < -0.3 is 9.84 Å². The van der Waals surface area contributed by atoms with Crippen LogP contribution in [0, 0.1) is 0 Å². The Morgan fingerprint density at radius 3 is 2.25 bits per heavy atom. The first-order chi connectivity index (χ1) is 11.5. The number of aromatic hydroxyl groups is 1. The predicted octanol–water partition coefficient (Wildman–Crippen LogP) is 0.939. The molecule has 0 radical (unpaired) electrons. The van der Waals surface area contributed by atoms with Gasteiger partial charge in [-0.15, -0.1) is 0 Å². The Kier molecular flexibility index (Phi) is 5.90. The molecule has 2 amide bonds. The van der Waals surface area contributed by atoms with E-state index in [0.29, 0.717) is 11.1 Å². The summed E-state index contributed by atoms with van der Waals surface area (Å²) in [5.74, 6) is -1.62. The third kappa shape index (κ3) is 5.45. The van der Waals surface area contributed by atoms with Crippen LogP contribution in [0.3, 0.4) is 0 Å². The molecular formula is C17H16N2O5. The van der Waals surface area contributed by atoms with Crippen molar-refractivity contribution in [2.45, 2.75) is 6.42 Å². The highest BCUT2D eigenvalue weighted by molar-refractivity contribution is 5.95. The normalized spacial score (nSPS) is 9.83. The second-order valence-corrected chi connectivity index (χ2v) is 4.87. The first kappa shape index (κ1) is 17.0. The second-order valence-electron chi connectivity index (χ2n) is 4.87. The van der Waals surface area contributed by atoms with Crippen molar-refractivity contribution in [2.24, 2.45) is 0 Å². The molecule has 2 rings (SSSR count). The zero-order valence-corrected chi connectivity index (χ0v) is 12.7. The SMILES string of the molecule is O=C(COC(=O)Cc1ccc(O)cc1)NNC(=O)c1ccccc1. The van der Waals surface area contributed by atoms with E-state index in [1.165, 1.54) is 12.1 Å². The van der Waals surface area contributed by atoms with Crippen LogP contribution in [-0.4, -0.2) is 29.5 Å². The van der Waals surface area contributed by atoms with E-state index in [-0.39, 0.29) is 12.2 Å². The molecule has 0 saturated carbocycles. The van der Waals surface area contributed by atoms with Gasteiger partial charge in [-0.1, -0.05) is 30.3 Å². The molecule has 0 bridgehead atoms. The topological polar surface area (TPSA) is 105 Å². The minimum Gasteiger partial charge on any atom is -0.508 e. The Hall–Kier alpha value is -3.35. The van der Waals surface area contributed by atoms with Gasteiger partial charge >= 0.3 is 5.97 Å². The van der Waals surface area contributed by atoms with Gasteiger partial charge in [0.1, 0.15) is 5.75 Å². The van der Waals surface area contributed by atoms with Crippen LogP contribution in [0.15, 0.2) is 54.6 Å². The van der Waals surface area contributed by atoms with Gasteiger partial charge in [-0.05, 0) is 29.8 Å². The van der Waals surface area contributed by atoms with Crippen LogP contribution in [0.25, 0.3) is 0 Å². The lowest BCUT2D eigenvalue weighted by Crippen LogP contribution is -2.43. The highest BCUT2D eigenvalue weighted by atomic mass is 16.5. The molecular weight excluding hydrogens is 312 g/mol. The van der Waals surface area contributed by atoms with E-state index in [4.69, 9.17) is 9.84 Å². The number of carbonyl (C=O) groups is 3. The second kappa shape index (κ2) is 8.33. The maximum atomic E-state index is 11.7. The number of hydrogen-bond donors (Lipinski definition) is 3. The molecule has 0 aromatic heterocycles. The Labute approximate surface area is 138 Å². The maximum Gasteiger partial charge on any atom is 0.310 e. The first-order valence-corrected chi connectivity index (χ1v) is 7.12. The summed E-state index contributed by atoms with van der Waals surface area (Å²) in [5, 5.41) is 9.15. The smallest absolute Gasteiger partial charge is 0.310 e. The van der Waals surface area contributed by atoms with E-state index in [1.807, 2.05) is 0 Å². The molecule has 0 aliphatic heterocycles. The quantitative estimate of drug-likeness (QED) is 0.560. The number of rotatable bonds is 5. The number of nitrogens with one attached hydrogen (secondary N) is 2. The van der Waals surface area contributed by atoms with Crippen LogP contribution < -0.4 is 10.9 Å². The molecule has 2 aromatic carbocycles. The molecule has 24 heavy (non-hydrogen) atoms. The largest absolute Gasteiger partial charge is 0.508 e. The molecule has 2 aromatic rings. The van der Waals surface area contributed by atoms with Gasteiger partial charge in [-0.2, -0.15) is 0 Å². The number of esters is 1. The average Bonchev–Trinajstić information content (AvgIpc) is 2.60.